The first-order valence-electron chi connectivity index (χ1n) is 7.39. The van der Waals surface area contributed by atoms with Crippen LogP contribution in [0.3, 0.4) is 0 Å². The summed E-state index contributed by atoms with van der Waals surface area (Å²) in [6, 6.07) is 5.03. The van der Waals surface area contributed by atoms with E-state index in [1.807, 2.05) is 0 Å². The molecule has 0 spiro atoms. The van der Waals surface area contributed by atoms with E-state index in [0.29, 0.717) is 34.1 Å². The number of esters is 1. The Labute approximate surface area is 136 Å². The van der Waals surface area contributed by atoms with Crippen LogP contribution in [0.2, 0.25) is 0 Å². The van der Waals surface area contributed by atoms with Crippen LogP contribution in [0.15, 0.2) is 27.4 Å². The van der Waals surface area contributed by atoms with E-state index in [2.05, 4.69) is 0 Å². The molecule has 1 aromatic heterocycles. The summed E-state index contributed by atoms with van der Waals surface area (Å²) in [5, 5.41) is 0. The number of ether oxygens (including phenoxy) is 4. The fourth-order valence-electron chi connectivity index (χ4n) is 3.06. The van der Waals surface area contributed by atoms with Gasteiger partial charge in [-0.3, -0.25) is 4.79 Å². The molecule has 0 saturated heterocycles. The molecule has 7 nitrogen and oxygen atoms in total. The van der Waals surface area contributed by atoms with Crippen LogP contribution < -0.4 is 24.6 Å². The van der Waals surface area contributed by atoms with Crippen LogP contribution in [0, 0.1) is 6.92 Å². The first-order chi connectivity index (χ1) is 11.6. The Kier molecular flexibility index (Phi) is 3.23. The van der Waals surface area contributed by atoms with Crippen molar-refractivity contribution in [2.45, 2.75) is 19.3 Å². The minimum absolute atomic E-state index is 0.0314. The fraction of sp³-hybridized carbons (Fsp3) is 0.294. The number of methoxy groups -OCH3 is 1. The van der Waals surface area contributed by atoms with E-state index in [0.717, 1.165) is 0 Å². The highest BCUT2D eigenvalue weighted by atomic mass is 16.7. The summed E-state index contributed by atoms with van der Waals surface area (Å²) in [7, 11) is 1.52. The maximum absolute atomic E-state index is 12.3. The molecule has 0 N–H and O–H groups in total. The zero-order valence-corrected chi connectivity index (χ0v) is 13.1. The maximum Gasteiger partial charge on any atom is 0.343 e. The zero-order chi connectivity index (χ0) is 16.8. The third-order valence-electron chi connectivity index (χ3n) is 4.10. The minimum Gasteiger partial charge on any atom is -0.493 e. The van der Waals surface area contributed by atoms with E-state index in [4.69, 9.17) is 23.4 Å². The van der Waals surface area contributed by atoms with Crippen molar-refractivity contribution in [2.75, 3.05) is 13.9 Å². The van der Waals surface area contributed by atoms with Crippen molar-refractivity contribution in [3.63, 3.8) is 0 Å². The highest BCUT2D eigenvalue weighted by Crippen LogP contribution is 2.46. The minimum atomic E-state index is -0.515. The summed E-state index contributed by atoms with van der Waals surface area (Å²) in [6.45, 7) is 1.72. The van der Waals surface area contributed by atoms with Crippen molar-refractivity contribution in [3.8, 4) is 23.0 Å². The van der Waals surface area contributed by atoms with Crippen molar-refractivity contribution < 1.29 is 28.2 Å². The van der Waals surface area contributed by atoms with Gasteiger partial charge in [-0.05, 0) is 24.6 Å². The van der Waals surface area contributed by atoms with Gasteiger partial charge >= 0.3 is 11.6 Å². The quantitative estimate of drug-likeness (QED) is 0.780. The Hall–Kier alpha value is -2.96. The van der Waals surface area contributed by atoms with Gasteiger partial charge in [0.1, 0.15) is 11.5 Å². The van der Waals surface area contributed by atoms with E-state index in [1.54, 1.807) is 25.1 Å². The number of rotatable bonds is 2. The topological polar surface area (TPSA) is 84.2 Å². The van der Waals surface area contributed by atoms with E-state index in [-0.39, 0.29) is 19.0 Å². The molecule has 0 fully saturated rings. The lowest BCUT2D eigenvalue weighted by Gasteiger charge is -2.24. The Morgan fingerprint density at radius 3 is 2.75 bits per heavy atom. The normalized spacial score (nSPS) is 18.1. The lowest BCUT2D eigenvalue weighted by Crippen LogP contribution is -2.26. The van der Waals surface area contributed by atoms with Crippen LogP contribution in [0.5, 0.6) is 23.0 Å². The van der Waals surface area contributed by atoms with Gasteiger partial charge in [0, 0.05) is 12.0 Å². The van der Waals surface area contributed by atoms with Crippen LogP contribution in [-0.4, -0.2) is 19.9 Å². The summed E-state index contributed by atoms with van der Waals surface area (Å²) in [5.41, 5.74) is 0.505. The number of benzene rings is 1. The van der Waals surface area contributed by atoms with Crippen molar-refractivity contribution in [2.24, 2.45) is 0 Å². The fourth-order valence-corrected chi connectivity index (χ4v) is 3.06. The molecule has 2 aromatic rings. The monoisotopic (exact) mass is 330 g/mol. The third-order valence-corrected chi connectivity index (χ3v) is 4.10. The van der Waals surface area contributed by atoms with Gasteiger partial charge < -0.3 is 23.4 Å². The number of carbonyl (C=O) groups is 1. The average Bonchev–Trinajstić information content (AvgIpc) is 3.00. The molecular weight excluding hydrogens is 316 g/mol. The van der Waals surface area contributed by atoms with Gasteiger partial charge in [-0.1, -0.05) is 0 Å². The van der Waals surface area contributed by atoms with Crippen molar-refractivity contribution in [1.82, 2.24) is 0 Å². The van der Waals surface area contributed by atoms with Crippen molar-refractivity contribution in [1.29, 1.82) is 0 Å². The van der Waals surface area contributed by atoms with Gasteiger partial charge in [0.05, 0.1) is 19.1 Å². The van der Waals surface area contributed by atoms with Gasteiger partial charge in [0.25, 0.3) is 0 Å². The number of hydrogen-bond donors (Lipinski definition) is 0. The molecule has 0 saturated carbocycles. The van der Waals surface area contributed by atoms with E-state index >= 15 is 0 Å². The second-order valence-electron chi connectivity index (χ2n) is 5.61. The first-order valence-corrected chi connectivity index (χ1v) is 7.39. The Morgan fingerprint density at radius 2 is 1.96 bits per heavy atom. The van der Waals surface area contributed by atoms with E-state index < -0.39 is 17.5 Å². The molecule has 4 rings (SSSR count). The predicted octanol–water partition coefficient (Wildman–Crippen LogP) is 2.13. The zero-order valence-electron chi connectivity index (χ0n) is 13.1. The lowest BCUT2D eigenvalue weighted by molar-refractivity contribution is -0.135. The predicted molar refractivity (Wildman–Crippen MR) is 80.9 cm³/mol. The van der Waals surface area contributed by atoms with Gasteiger partial charge in [0.15, 0.2) is 11.5 Å². The molecule has 0 bridgehead atoms. The maximum atomic E-state index is 12.3. The van der Waals surface area contributed by atoms with E-state index in [9.17, 15) is 9.59 Å². The standard InChI is InChI=1S/C17H14O7/c1-8-3-11-15(17(19)23-8)10(6-14(18)24-11)9-4-12(20-2)16-13(5-9)21-7-22-16/h3-5,10H,6-7H2,1-2H3/t10-/m0/s1. The van der Waals surface area contributed by atoms with Gasteiger partial charge in [-0.2, -0.15) is 0 Å². The summed E-state index contributed by atoms with van der Waals surface area (Å²) in [4.78, 5) is 24.3. The molecular formula is C17H14O7. The van der Waals surface area contributed by atoms with Crippen molar-refractivity contribution >= 4 is 5.97 Å². The van der Waals surface area contributed by atoms with Gasteiger partial charge in [-0.25, -0.2) is 4.79 Å². The number of fused-ring (bicyclic) bond motifs is 2. The highest BCUT2D eigenvalue weighted by Gasteiger charge is 2.34. The van der Waals surface area contributed by atoms with Crippen LogP contribution in [0.1, 0.15) is 29.2 Å². The smallest absolute Gasteiger partial charge is 0.343 e. The summed E-state index contributed by atoms with van der Waals surface area (Å²) < 4.78 is 26.5. The molecule has 3 heterocycles. The number of carbonyl (C=O) groups excluding carboxylic acids is 1. The number of aryl methyl sites for hydroxylation is 1. The molecule has 124 valence electrons. The Bertz CT molecular complexity index is 897. The molecule has 2 aliphatic rings. The molecule has 7 heteroatoms. The van der Waals surface area contributed by atoms with Crippen molar-refractivity contribution in [3.05, 3.63) is 45.5 Å². The third kappa shape index (κ3) is 2.20. The van der Waals surface area contributed by atoms with Crippen LogP contribution in [0.4, 0.5) is 0 Å². The average molecular weight is 330 g/mol. The van der Waals surface area contributed by atoms with Gasteiger partial charge in [0.2, 0.25) is 12.5 Å². The SMILES string of the molecule is COc1cc([C@@H]2CC(=O)Oc3cc(C)oc(=O)c32)cc2c1OCO2. The molecule has 1 aromatic carbocycles. The van der Waals surface area contributed by atoms with Crippen LogP contribution in [0.25, 0.3) is 0 Å². The first kappa shape index (κ1) is 14.6. The second kappa shape index (κ2) is 5.30. The second-order valence-corrected chi connectivity index (χ2v) is 5.61. The molecule has 2 aliphatic heterocycles. The highest BCUT2D eigenvalue weighted by molar-refractivity contribution is 5.77. The van der Waals surface area contributed by atoms with Crippen LogP contribution in [-0.2, 0) is 4.79 Å². The summed E-state index contributed by atoms with van der Waals surface area (Å²) >= 11 is 0. The van der Waals surface area contributed by atoms with E-state index in [1.165, 1.54) is 7.11 Å². The summed E-state index contributed by atoms with van der Waals surface area (Å²) in [5.74, 6) is 1.22. The molecule has 0 aliphatic carbocycles. The molecule has 0 amide bonds. The molecule has 1 atom stereocenters. The van der Waals surface area contributed by atoms with Crippen LogP contribution >= 0.6 is 0 Å². The Morgan fingerprint density at radius 1 is 1.12 bits per heavy atom. The number of hydrogen-bond acceptors (Lipinski definition) is 7. The van der Waals surface area contributed by atoms with Gasteiger partial charge in [-0.15, -0.1) is 0 Å². The summed E-state index contributed by atoms with van der Waals surface area (Å²) in [6.07, 6.45) is 0.0314. The largest absolute Gasteiger partial charge is 0.493 e. The molecule has 0 radical (unpaired) electrons. The molecule has 24 heavy (non-hydrogen) atoms. The Balaban J connectivity index is 1.90. The lowest BCUT2D eigenvalue weighted by atomic mass is 9.87. The molecule has 0 unspecified atom stereocenters.